The number of aromatic nitrogens is 1. The minimum Gasteiger partial charge on any atom is -0.480 e. The molecule has 1 aromatic heterocycles. The van der Waals surface area contributed by atoms with Crippen molar-refractivity contribution in [3.05, 3.63) is 28.7 Å². The summed E-state index contributed by atoms with van der Waals surface area (Å²) in [6.45, 7) is 5.21. The molecule has 2 unspecified atom stereocenters. The maximum absolute atomic E-state index is 11.8. The van der Waals surface area contributed by atoms with Gasteiger partial charge < -0.3 is 16.2 Å². The van der Waals surface area contributed by atoms with E-state index in [9.17, 15) is 9.59 Å². The number of carboxylic acids is 1. The van der Waals surface area contributed by atoms with E-state index < -0.39 is 17.9 Å². The van der Waals surface area contributed by atoms with Crippen LogP contribution in [0.25, 0.3) is 0 Å². The second-order valence-electron chi connectivity index (χ2n) is 3.75. The zero-order valence-electron chi connectivity index (χ0n) is 9.92. The molecule has 2 atom stereocenters. The predicted molar refractivity (Wildman–Crippen MR) is 68.4 cm³/mol. The molecular weight excluding hydrogens is 254 g/mol. The van der Waals surface area contributed by atoms with E-state index in [1.807, 2.05) is 0 Å². The van der Waals surface area contributed by atoms with Crippen molar-refractivity contribution in [3.63, 3.8) is 0 Å². The van der Waals surface area contributed by atoms with Crippen LogP contribution in [0.3, 0.4) is 0 Å². The van der Waals surface area contributed by atoms with E-state index >= 15 is 0 Å². The molecule has 1 heterocycles. The number of thiazole rings is 1. The van der Waals surface area contributed by atoms with Crippen molar-refractivity contribution in [2.75, 3.05) is 0 Å². The zero-order valence-corrected chi connectivity index (χ0v) is 10.7. The number of nitrogens with zero attached hydrogens (tertiary/aromatic N) is 1. The molecule has 1 amide bonds. The van der Waals surface area contributed by atoms with Crippen molar-refractivity contribution in [1.82, 2.24) is 10.3 Å². The largest absolute Gasteiger partial charge is 0.480 e. The van der Waals surface area contributed by atoms with Crippen molar-refractivity contribution in [2.24, 2.45) is 5.73 Å². The molecule has 0 aliphatic rings. The summed E-state index contributed by atoms with van der Waals surface area (Å²) in [6.07, 6.45) is 1.60. The topological polar surface area (TPSA) is 105 Å². The third-order valence-electron chi connectivity index (χ3n) is 2.15. The highest BCUT2D eigenvalue weighted by Gasteiger charge is 2.21. The van der Waals surface area contributed by atoms with Crippen LogP contribution in [0.2, 0.25) is 0 Å². The van der Waals surface area contributed by atoms with Gasteiger partial charge in [0.25, 0.3) is 5.91 Å². The predicted octanol–water partition coefficient (Wildman–Crippen LogP) is 0.922. The Labute approximate surface area is 109 Å². The maximum Gasteiger partial charge on any atom is 0.326 e. The fourth-order valence-electron chi connectivity index (χ4n) is 1.22. The van der Waals surface area contributed by atoms with Crippen molar-refractivity contribution < 1.29 is 14.7 Å². The molecule has 0 saturated carbocycles. The number of carbonyl (C=O) groups excluding carboxylic acids is 1. The number of hydrogen-bond acceptors (Lipinski definition) is 5. The van der Waals surface area contributed by atoms with Gasteiger partial charge in [0.15, 0.2) is 0 Å². The van der Waals surface area contributed by atoms with Gasteiger partial charge in [0.2, 0.25) is 0 Å². The molecule has 0 aromatic carbocycles. The lowest BCUT2D eigenvalue weighted by molar-refractivity contribution is -0.139. The quantitative estimate of drug-likeness (QED) is 0.666. The lowest BCUT2D eigenvalue weighted by Crippen LogP contribution is -2.40. The number of nitrogens with one attached hydrogen (secondary N) is 1. The second-order valence-corrected chi connectivity index (χ2v) is 4.64. The third-order valence-corrected chi connectivity index (χ3v) is 3.20. The van der Waals surface area contributed by atoms with E-state index in [1.165, 1.54) is 17.4 Å². The Balaban J connectivity index is 2.74. The molecule has 18 heavy (non-hydrogen) atoms. The van der Waals surface area contributed by atoms with Crippen LogP contribution in [0.5, 0.6) is 0 Å². The molecule has 98 valence electrons. The SMILES string of the molecule is C=CCC(NC(=O)c1csc(C(C)N)n1)C(=O)O. The minimum absolute atomic E-state index is 0.158. The maximum atomic E-state index is 11.8. The molecule has 7 heteroatoms. The molecule has 0 saturated heterocycles. The van der Waals surface area contributed by atoms with Gasteiger partial charge in [-0.05, 0) is 13.3 Å². The first-order valence-electron chi connectivity index (χ1n) is 5.31. The summed E-state index contributed by atoms with van der Waals surface area (Å²) < 4.78 is 0. The number of amides is 1. The van der Waals surface area contributed by atoms with E-state index in [0.717, 1.165) is 0 Å². The molecule has 0 aliphatic heterocycles. The van der Waals surface area contributed by atoms with Gasteiger partial charge in [0.05, 0.1) is 6.04 Å². The number of carbonyl (C=O) groups is 2. The number of aliphatic carboxylic acids is 1. The summed E-state index contributed by atoms with van der Waals surface area (Å²) in [7, 11) is 0. The average Bonchev–Trinajstić information content (AvgIpc) is 2.77. The van der Waals surface area contributed by atoms with E-state index in [4.69, 9.17) is 10.8 Å². The van der Waals surface area contributed by atoms with Crippen molar-refractivity contribution in [3.8, 4) is 0 Å². The minimum atomic E-state index is -1.11. The van der Waals surface area contributed by atoms with Crippen molar-refractivity contribution in [2.45, 2.75) is 25.4 Å². The Morgan fingerprint density at radius 3 is 2.83 bits per heavy atom. The highest BCUT2D eigenvalue weighted by molar-refractivity contribution is 7.09. The lowest BCUT2D eigenvalue weighted by Gasteiger charge is -2.11. The van der Waals surface area contributed by atoms with Crippen LogP contribution < -0.4 is 11.1 Å². The molecule has 0 fully saturated rings. The molecular formula is C11H15N3O3S. The Morgan fingerprint density at radius 1 is 1.72 bits per heavy atom. The molecule has 0 radical (unpaired) electrons. The summed E-state index contributed by atoms with van der Waals surface area (Å²) in [5.74, 6) is -1.63. The number of rotatable bonds is 6. The van der Waals surface area contributed by atoms with Gasteiger partial charge >= 0.3 is 5.97 Å². The Hall–Kier alpha value is -1.73. The van der Waals surface area contributed by atoms with Gasteiger partial charge in [-0.3, -0.25) is 4.79 Å². The van der Waals surface area contributed by atoms with Crippen LogP contribution in [0.15, 0.2) is 18.0 Å². The van der Waals surface area contributed by atoms with Gasteiger partial charge in [0, 0.05) is 5.38 Å². The number of hydrogen-bond donors (Lipinski definition) is 3. The van der Waals surface area contributed by atoms with E-state index in [-0.39, 0.29) is 18.2 Å². The molecule has 1 rings (SSSR count). The van der Waals surface area contributed by atoms with Gasteiger partial charge in [-0.15, -0.1) is 17.9 Å². The summed E-state index contributed by atoms with van der Waals surface area (Å²) in [4.78, 5) is 26.7. The monoisotopic (exact) mass is 269 g/mol. The van der Waals surface area contributed by atoms with Gasteiger partial charge in [-0.1, -0.05) is 6.08 Å². The summed E-state index contributed by atoms with van der Waals surface area (Å²) in [6, 6.07) is -1.24. The Kier molecular flexibility index (Phi) is 4.99. The first kappa shape index (κ1) is 14.3. The first-order valence-corrected chi connectivity index (χ1v) is 6.19. The Morgan fingerprint density at radius 2 is 2.39 bits per heavy atom. The van der Waals surface area contributed by atoms with E-state index in [0.29, 0.717) is 5.01 Å². The molecule has 0 aliphatic carbocycles. The molecule has 4 N–H and O–H groups in total. The van der Waals surface area contributed by atoms with Crippen LogP contribution in [-0.2, 0) is 4.79 Å². The van der Waals surface area contributed by atoms with E-state index in [2.05, 4.69) is 16.9 Å². The molecule has 6 nitrogen and oxygen atoms in total. The molecule has 0 bridgehead atoms. The van der Waals surface area contributed by atoms with Crippen LogP contribution in [0, 0.1) is 0 Å². The normalized spacial score (nSPS) is 13.7. The van der Waals surface area contributed by atoms with Crippen molar-refractivity contribution in [1.29, 1.82) is 0 Å². The molecule has 1 aromatic rings. The smallest absolute Gasteiger partial charge is 0.326 e. The lowest BCUT2D eigenvalue weighted by atomic mass is 10.2. The van der Waals surface area contributed by atoms with Crippen LogP contribution in [0.1, 0.15) is 34.9 Å². The number of carboxylic acid groups (broad SMARTS) is 1. The first-order chi connectivity index (χ1) is 8.45. The van der Waals surface area contributed by atoms with Gasteiger partial charge in [-0.2, -0.15) is 0 Å². The summed E-state index contributed by atoms with van der Waals surface area (Å²) in [5.41, 5.74) is 5.82. The summed E-state index contributed by atoms with van der Waals surface area (Å²) in [5, 5.41) is 13.5. The van der Waals surface area contributed by atoms with Crippen molar-refractivity contribution >= 4 is 23.2 Å². The van der Waals surface area contributed by atoms with E-state index in [1.54, 1.807) is 12.3 Å². The number of nitrogens with two attached hydrogens (primary N) is 1. The van der Waals surface area contributed by atoms with Crippen LogP contribution in [0.4, 0.5) is 0 Å². The average molecular weight is 269 g/mol. The standard InChI is InChI=1S/C11H15N3O3S/c1-3-4-7(11(16)17)13-9(15)8-5-18-10(14-8)6(2)12/h3,5-7H,1,4,12H2,2H3,(H,13,15)(H,16,17). The second kappa shape index (κ2) is 6.27. The highest BCUT2D eigenvalue weighted by atomic mass is 32.1. The third kappa shape index (κ3) is 3.64. The highest BCUT2D eigenvalue weighted by Crippen LogP contribution is 2.15. The molecule has 0 spiro atoms. The fourth-order valence-corrected chi connectivity index (χ4v) is 1.98. The zero-order chi connectivity index (χ0) is 13.7. The Bertz CT molecular complexity index is 456. The van der Waals surface area contributed by atoms with Gasteiger partial charge in [0.1, 0.15) is 16.7 Å². The summed E-state index contributed by atoms with van der Waals surface area (Å²) >= 11 is 1.27. The fraction of sp³-hybridized carbons (Fsp3) is 0.364. The van der Waals surface area contributed by atoms with Crippen LogP contribution >= 0.6 is 11.3 Å². The van der Waals surface area contributed by atoms with Gasteiger partial charge in [-0.25, -0.2) is 9.78 Å². The van der Waals surface area contributed by atoms with Crippen LogP contribution in [-0.4, -0.2) is 28.0 Å².